The summed E-state index contributed by atoms with van der Waals surface area (Å²) in [4.78, 5) is 15.7. The van der Waals surface area contributed by atoms with Gasteiger partial charge in [-0.15, -0.1) is 0 Å². The maximum Gasteiger partial charge on any atom is 0.248 e. The summed E-state index contributed by atoms with van der Waals surface area (Å²) in [6.07, 6.45) is 21.3. The van der Waals surface area contributed by atoms with Crippen LogP contribution in [0.3, 0.4) is 0 Å². The molecule has 0 saturated carbocycles. The number of nitrogens with zero attached hydrogens (tertiary/aromatic N) is 4. The molecule has 12 rings (SSSR count). The van der Waals surface area contributed by atoms with Crippen LogP contribution in [0.2, 0.25) is 0 Å². The zero-order valence-electron chi connectivity index (χ0n) is 31.5. The maximum atomic E-state index is 6.74. The number of pyridine rings is 1. The number of aromatic nitrogens is 4. The van der Waals surface area contributed by atoms with Crippen LogP contribution in [0.1, 0.15) is 61.1 Å². The van der Waals surface area contributed by atoms with Gasteiger partial charge in [-0.2, -0.15) is 4.98 Å². The minimum absolute atomic E-state index is 0.0394. The van der Waals surface area contributed by atoms with Crippen LogP contribution in [0.5, 0.6) is 0 Å². The van der Waals surface area contributed by atoms with E-state index in [2.05, 4.69) is 153 Å². The third-order valence-corrected chi connectivity index (χ3v) is 13.1. The van der Waals surface area contributed by atoms with E-state index in [4.69, 9.17) is 19.4 Å². The van der Waals surface area contributed by atoms with Gasteiger partial charge in [0.05, 0.1) is 16.9 Å². The topological polar surface area (TPSA) is 56.7 Å². The van der Waals surface area contributed by atoms with Crippen LogP contribution in [0.4, 0.5) is 0 Å². The normalized spacial score (nSPS) is 21.6. The monoisotopic (exact) mass is 722 g/mol. The van der Waals surface area contributed by atoms with Gasteiger partial charge in [-0.05, 0) is 93.1 Å². The van der Waals surface area contributed by atoms with E-state index in [-0.39, 0.29) is 22.7 Å². The minimum atomic E-state index is -0.232. The molecule has 8 aromatic rings. The van der Waals surface area contributed by atoms with Crippen molar-refractivity contribution in [3.63, 3.8) is 0 Å². The van der Waals surface area contributed by atoms with E-state index in [0.717, 1.165) is 45.5 Å². The Morgan fingerprint density at radius 2 is 1.64 bits per heavy atom. The van der Waals surface area contributed by atoms with Crippen LogP contribution in [0.25, 0.3) is 72.7 Å². The first-order valence-electron chi connectivity index (χ1n) is 19.7. The molecule has 5 heteroatoms. The van der Waals surface area contributed by atoms with Gasteiger partial charge in [0.15, 0.2) is 5.82 Å². The van der Waals surface area contributed by atoms with Gasteiger partial charge in [0.25, 0.3) is 0 Å². The van der Waals surface area contributed by atoms with E-state index < -0.39 is 0 Å². The molecule has 0 bridgehead atoms. The van der Waals surface area contributed by atoms with Gasteiger partial charge in [-0.1, -0.05) is 124 Å². The van der Waals surface area contributed by atoms with Crippen molar-refractivity contribution in [2.75, 3.05) is 0 Å². The molecule has 0 amide bonds. The molecule has 56 heavy (non-hydrogen) atoms. The molecule has 268 valence electrons. The predicted molar refractivity (Wildman–Crippen MR) is 228 cm³/mol. The summed E-state index contributed by atoms with van der Waals surface area (Å²) in [5, 5.41) is 4.56. The number of fused-ring (bicyclic) bond motifs is 12. The lowest BCUT2D eigenvalue weighted by molar-refractivity contribution is 0.496. The fourth-order valence-corrected chi connectivity index (χ4v) is 10.2. The van der Waals surface area contributed by atoms with Crippen LogP contribution in [-0.4, -0.2) is 19.5 Å². The van der Waals surface area contributed by atoms with Crippen molar-refractivity contribution in [3.8, 4) is 17.2 Å². The van der Waals surface area contributed by atoms with Crippen molar-refractivity contribution >= 4 is 55.5 Å². The Balaban J connectivity index is 1.07. The van der Waals surface area contributed by atoms with Crippen LogP contribution < -0.4 is 0 Å². The molecule has 0 saturated heterocycles. The van der Waals surface area contributed by atoms with E-state index in [1.165, 1.54) is 49.6 Å². The number of hydrogen-bond donors (Lipinski definition) is 0. The predicted octanol–water partition coefficient (Wildman–Crippen LogP) is 12.4. The fourth-order valence-electron chi connectivity index (χ4n) is 10.2. The summed E-state index contributed by atoms with van der Waals surface area (Å²) >= 11 is 0. The lowest BCUT2D eigenvalue weighted by Gasteiger charge is -2.37. The van der Waals surface area contributed by atoms with Gasteiger partial charge >= 0.3 is 0 Å². The molecule has 0 radical (unpaired) electrons. The summed E-state index contributed by atoms with van der Waals surface area (Å²) in [6, 6.07) is 34.7. The van der Waals surface area contributed by atoms with Crippen molar-refractivity contribution in [1.29, 1.82) is 0 Å². The number of furan rings is 1. The van der Waals surface area contributed by atoms with Crippen LogP contribution in [0, 0.1) is 5.92 Å². The Labute approximate surface area is 324 Å². The van der Waals surface area contributed by atoms with E-state index in [1.807, 2.05) is 24.4 Å². The molecule has 5 nitrogen and oxygen atoms in total. The average Bonchev–Trinajstić information content (AvgIpc) is 3.84. The summed E-state index contributed by atoms with van der Waals surface area (Å²) in [5.41, 5.74) is 13.6. The molecular weight excluding hydrogens is 685 g/mol. The molecule has 0 N–H and O–H groups in total. The first kappa shape index (κ1) is 31.7. The van der Waals surface area contributed by atoms with Gasteiger partial charge in [-0.25, -0.2) is 4.98 Å². The molecule has 4 aliphatic rings. The fraction of sp³-hybridized carbons (Fsp3) is 0.157. The molecule has 3 unspecified atom stereocenters. The number of hydrogen-bond acceptors (Lipinski definition) is 4. The lowest BCUT2D eigenvalue weighted by atomic mass is 9.66. The molecule has 0 fully saturated rings. The van der Waals surface area contributed by atoms with Gasteiger partial charge in [0, 0.05) is 39.6 Å². The Morgan fingerprint density at radius 1 is 0.804 bits per heavy atom. The summed E-state index contributed by atoms with van der Waals surface area (Å²) < 4.78 is 9.04. The highest BCUT2D eigenvalue weighted by atomic mass is 16.3. The Bertz CT molecular complexity index is 3170. The van der Waals surface area contributed by atoms with E-state index in [1.54, 1.807) is 0 Å². The highest BCUT2D eigenvalue weighted by Gasteiger charge is 2.41. The second-order valence-electron chi connectivity index (χ2n) is 16.6. The van der Waals surface area contributed by atoms with Gasteiger partial charge in [0.1, 0.15) is 16.8 Å². The van der Waals surface area contributed by atoms with Gasteiger partial charge in [0.2, 0.25) is 5.71 Å². The molecule has 4 aromatic carbocycles. The Morgan fingerprint density at radius 3 is 2.52 bits per heavy atom. The average molecular weight is 723 g/mol. The zero-order chi connectivity index (χ0) is 37.3. The summed E-state index contributed by atoms with van der Waals surface area (Å²) in [7, 11) is 0. The highest BCUT2D eigenvalue weighted by molar-refractivity contribution is 6.05. The van der Waals surface area contributed by atoms with Crippen molar-refractivity contribution in [3.05, 3.63) is 179 Å². The third-order valence-electron chi connectivity index (χ3n) is 13.1. The molecular formula is C51H38N4O. The van der Waals surface area contributed by atoms with Crippen LogP contribution in [0.15, 0.2) is 156 Å². The number of allylic oxidation sites excluding steroid dienone is 9. The lowest BCUT2D eigenvalue weighted by Crippen LogP contribution is -2.31. The molecule has 4 aliphatic carbocycles. The van der Waals surface area contributed by atoms with E-state index in [0.29, 0.717) is 11.5 Å². The van der Waals surface area contributed by atoms with Crippen molar-refractivity contribution in [2.24, 2.45) is 5.92 Å². The minimum Gasteiger partial charge on any atom is -0.436 e. The van der Waals surface area contributed by atoms with Gasteiger partial charge in [-0.3, -0.25) is 9.55 Å². The first-order chi connectivity index (χ1) is 27.4. The molecule has 4 aromatic heterocycles. The van der Waals surface area contributed by atoms with Crippen molar-refractivity contribution < 1.29 is 4.42 Å². The van der Waals surface area contributed by atoms with Crippen molar-refractivity contribution in [2.45, 2.75) is 43.9 Å². The smallest absolute Gasteiger partial charge is 0.248 e. The van der Waals surface area contributed by atoms with E-state index in [9.17, 15) is 0 Å². The Kier molecular flexibility index (Phi) is 6.37. The van der Waals surface area contributed by atoms with Gasteiger partial charge < -0.3 is 4.42 Å². The largest absolute Gasteiger partial charge is 0.436 e. The molecule has 0 aliphatic heterocycles. The van der Waals surface area contributed by atoms with Crippen molar-refractivity contribution in [1.82, 2.24) is 19.5 Å². The maximum absolute atomic E-state index is 6.74. The molecule has 3 atom stereocenters. The molecule has 4 heterocycles. The second kappa shape index (κ2) is 11.2. The van der Waals surface area contributed by atoms with Crippen LogP contribution in [-0.2, 0) is 10.8 Å². The number of benzene rings is 4. The zero-order valence-corrected chi connectivity index (χ0v) is 31.5. The highest BCUT2D eigenvalue weighted by Crippen LogP contribution is 2.53. The third kappa shape index (κ3) is 4.28. The Hall–Kier alpha value is -6.59. The standard InChI is InChI=1S/C51H38N4O/c1-50(2)39-16-7-6-15-35(39)36-21-18-32(27-40(36)50)33-19-22-37-44(29-33)56-49-46(37)53-47(41-17-9-11-25-52-41)48(54-49)55-42-23-20-34-14-8-10-24-51(34,3)45(42)38-26-30-12-4-5-13-31(30)28-43(38)55/h4-17,19-29,32,34H,18H2,1-3H3. The summed E-state index contributed by atoms with van der Waals surface area (Å²) in [6.45, 7) is 7.06. The van der Waals surface area contributed by atoms with E-state index >= 15 is 0 Å². The van der Waals surface area contributed by atoms with Crippen LogP contribution >= 0.6 is 0 Å². The second-order valence-corrected chi connectivity index (χ2v) is 16.6. The molecule has 0 spiro atoms. The quantitative estimate of drug-likeness (QED) is 0.182. The SMILES string of the molecule is CC1(C)C2=CC(c3ccc4c(c3)oc3nc(-n5c6c(c7cc8ccccc8cc75)C5(C)C=CC=CC5C=C6)c(-c5ccccn5)nc34)CC=C2c2ccccc21. The number of rotatable bonds is 3. The first-order valence-corrected chi connectivity index (χ1v) is 19.7. The summed E-state index contributed by atoms with van der Waals surface area (Å²) in [5.74, 6) is 1.20.